The van der Waals surface area contributed by atoms with E-state index in [4.69, 9.17) is 0 Å². The smallest absolute Gasteiger partial charge is 0.230 e. The van der Waals surface area contributed by atoms with Gasteiger partial charge in [-0.25, -0.2) is 12.7 Å². The van der Waals surface area contributed by atoms with Crippen LogP contribution in [0.15, 0.2) is 0 Å². The number of aliphatic hydroxyl groups excluding tert-OH is 1. The number of rotatable bonds is 5. The summed E-state index contributed by atoms with van der Waals surface area (Å²) in [5, 5.41) is 13.2. The molecule has 0 saturated carbocycles. The van der Waals surface area contributed by atoms with E-state index < -0.39 is 21.5 Å². The molecule has 2 aliphatic rings. The summed E-state index contributed by atoms with van der Waals surface area (Å²) in [6.07, 6.45) is 2.08. The predicted octanol–water partition coefficient (Wildman–Crippen LogP) is -0.769. The molecular formula is C14H27N3O4S. The van der Waals surface area contributed by atoms with Gasteiger partial charge in [-0.15, -0.1) is 0 Å². The first kappa shape index (κ1) is 17.7. The maximum absolute atomic E-state index is 12.2. The number of nitrogens with one attached hydrogen (secondary N) is 1. The zero-order valence-corrected chi connectivity index (χ0v) is 14.2. The lowest BCUT2D eigenvalue weighted by molar-refractivity contribution is -0.149. The van der Waals surface area contributed by atoms with Crippen LogP contribution in [0.5, 0.6) is 0 Å². The van der Waals surface area contributed by atoms with Crippen molar-refractivity contribution < 1.29 is 18.3 Å². The van der Waals surface area contributed by atoms with Crippen molar-refractivity contribution >= 4 is 15.9 Å². The molecule has 2 heterocycles. The lowest BCUT2D eigenvalue weighted by Crippen LogP contribution is -2.61. The summed E-state index contributed by atoms with van der Waals surface area (Å²) >= 11 is 0. The van der Waals surface area contributed by atoms with Crippen molar-refractivity contribution in [3.63, 3.8) is 0 Å². The fraction of sp³-hybridized carbons (Fsp3) is 0.929. The van der Waals surface area contributed by atoms with E-state index in [1.54, 1.807) is 0 Å². The highest BCUT2D eigenvalue weighted by molar-refractivity contribution is 7.89. The first-order chi connectivity index (χ1) is 10.3. The van der Waals surface area contributed by atoms with Gasteiger partial charge in [0, 0.05) is 33.7 Å². The Hall–Kier alpha value is -0.700. The molecule has 22 heavy (non-hydrogen) atoms. The number of nitrogens with zero attached hydrogens (tertiary/aromatic N) is 2. The van der Waals surface area contributed by atoms with Crippen LogP contribution in [0.1, 0.15) is 25.7 Å². The van der Waals surface area contributed by atoms with Crippen LogP contribution in [0.3, 0.4) is 0 Å². The molecule has 1 amide bonds. The van der Waals surface area contributed by atoms with E-state index in [2.05, 4.69) is 10.2 Å². The number of carbonyl (C=O) groups excluding carboxylic acids is 1. The summed E-state index contributed by atoms with van der Waals surface area (Å²) < 4.78 is 24.8. The Morgan fingerprint density at radius 1 is 1.45 bits per heavy atom. The topological polar surface area (TPSA) is 90.0 Å². The molecule has 2 N–H and O–H groups in total. The molecule has 0 radical (unpaired) electrons. The number of likely N-dealkylation sites (tertiary alicyclic amines) is 1. The quantitative estimate of drug-likeness (QED) is 0.690. The SMILES string of the molecule is CN(C)S(=O)(=O)CCCN1CC[C@H](O)[C@@]2(CCCNC2=O)C1. The summed E-state index contributed by atoms with van der Waals surface area (Å²) in [7, 11) is -0.105. The van der Waals surface area contributed by atoms with Gasteiger partial charge in [0.1, 0.15) is 0 Å². The van der Waals surface area contributed by atoms with Gasteiger partial charge in [-0.2, -0.15) is 0 Å². The number of hydrogen-bond donors (Lipinski definition) is 2. The second kappa shape index (κ2) is 6.82. The molecule has 2 aliphatic heterocycles. The van der Waals surface area contributed by atoms with Gasteiger partial charge in [0.15, 0.2) is 0 Å². The van der Waals surface area contributed by atoms with Gasteiger partial charge in [-0.3, -0.25) is 4.79 Å². The Kier molecular flexibility index (Phi) is 5.47. The molecule has 2 atom stereocenters. The normalized spacial score (nSPS) is 30.7. The van der Waals surface area contributed by atoms with Crippen molar-refractivity contribution in [1.29, 1.82) is 0 Å². The summed E-state index contributed by atoms with van der Waals surface area (Å²) in [6, 6.07) is 0. The second-order valence-corrected chi connectivity index (χ2v) is 8.85. The molecule has 0 unspecified atom stereocenters. The molecule has 2 saturated heterocycles. The molecule has 2 rings (SSSR count). The number of hydrogen-bond acceptors (Lipinski definition) is 5. The molecule has 7 nitrogen and oxygen atoms in total. The third-order valence-electron chi connectivity index (χ3n) is 4.83. The van der Waals surface area contributed by atoms with Crippen LogP contribution < -0.4 is 5.32 Å². The van der Waals surface area contributed by atoms with E-state index in [1.807, 2.05) is 0 Å². The number of amides is 1. The molecule has 8 heteroatoms. The van der Waals surface area contributed by atoms with Crippen LogP contribution in [-0.2, 0) is 14.8 Å². The number of aliphatic hydroxyl groups is 1. The molecule has 0 aromatic carbocycles. The fourth-order valence-corrected chi connectivity index (χ4v) is 4.23. The number of piperidine rings is 2. The Morgan fingerprint density at radius 2 is 2.18 bits per heavy atom. The van der Waals surface area contributed by atoms with Gasteiger partial charge >= 0.3 is 0 Å². The highest BCUT2D eigenvalue weighted by atomic mass is 32.2. The van der Waals surface area contributed by atoms with Gasteiger partial charge in [-0.05, 0) is 32.2 Å². The average Bonchev–Trinajstić information content (AvgIpc) is 2.45. The Bertz CT molecular complexity index is 508. The minimum Gasteiger partial charge on any atom is -0.392 e. The molecule has 0 aromatic heterocycles. The zero-order chi connectivity index (χ0) is 16.4. The lowest BCUT2D eigenvalue weighted by Gasteiger charge is -2.47. The molecule has 0 bridgehead atoms. The van der Waals surface area contributed by atoms with Gasteiger partial charge < -0.3 is 15.3 Å². The average molecular weight is 333 g/mol. The standard InChI is InChI=1S/C14H27N3O4S/c1-16(2)22(20,21)10-4-8-17-9-5-12(18)14(11-17)6-3-7-15-13(14)19/h12,18H,3-11H2,1-2H3,(H,15,19)/t12-,14+/m0/s1. The van der Waals surface area contributed by atoms with Crippen molar-refractivity contribution in [2.75, 3.05) is 46.0 Å². The highest BCUT2D eigenvalue weighted by Gasteiger charge is 2.49. The van der Waals surface area contributed by atoms with Crippen LogP contribution in [-0.4, -0.2) is 80.8 Å². The minimum atomic E-state index is -3.18. The van der Waals surface area contributed by atoms with Crippen LogP contribution in [0, 0.1) is 5.41 Å². The first-order valence-electron chi connectivity index (χ1n) is 7.87. The maximum Gasteiger partial charge on any atom is 0.230 e. The van der Waals surface area contributed by atoms with Crippen LogP contribution >= 0.6 is 0 Å². The molecule has 1 spiro atoms. The van der Waals surface area contributed by atoms with E-state index in [1.165, 1.54) is 18.4 Å². The Morgan fingerprint density at radius 3 is 2.82 bits per heavy atom. The monoisotopic (exact) mass is 333 g/mol. The summed E-state index contributed by atoms with van der Waals surface area (Å²) in [6.45, 7) is 2.53. The van der Waals surface area contributed by atoms with Gasteiger partial charge in [0.05, 0.1) is 17.3 Å². The van der Waals surface area contributed by atoms with Gasteiger partial charge in [-0.1, -0.05) is 0 Å². The fourth-order valence-electron chi connectivity index (χ4n) is 3.37. The maximum atomic E-state index is 12.2. The number of sulfonamides is 1. The van der Waals surface area contributed by atoms with Crippen molar-refractivity contribution in [3.8, 4) is 0 Å². The van der Waals surface area contributed by atoms with Crippen molar-refractivity contribution in [2.45, 2.75) is 31.8 Å². The molecule has 2 fully saturated rings. The summed E-state index contributed by atoms with van der Waals surface area (Å²) in [4.78, 5) is 14.4. The summed E-state index contributed by atoms with van der Waals surface area (Å²) in [5.41, 5.74) is -0.711. The largest absolute Gasteiger partial charge is 0.392 e. The number of carbonyl (C=O) groups is 1. The molecule has 128 valence electrons. The molecule has 0 aromatic rings. The van der Waals surface area contributed by atoms with Crippen molar-refractivity contribution in [3.05, 3.63) is 0 Å². The van der Waals surface area contributed by atoms with Crippen LogP contribution in [0.25, 0.3) is 0 Å². The van der Waals surface area contributed by atoms with Crippen molar-refractivity contribution in [1.82, 2.24) is 14.5 Å². The van der Waals surface area contributed by atoms with E-state index in [0.717, 1.165) is 6.42 Å². The second-order valence-electron chi connectivity index (χ2n) is 6.55. The van der Waals surface area contributed by atoms with E-state index in [9.17, 15) is 18.3 Å². The third kappa shape index (κ3) is 3.61. The minimum absolute atomic E-state index is 0.0585. The lowest BCUT2D eigenvalue weighted by atomic mass is 9.71. The van der Waals surface area contributed by atoms with Crippen LogP contribution in [0.4, 0.5) is 0 Å². The Balaban J connectivity index is 1.92. The van der Waals surface area contributed by atoms with Gasteiger partial charge in [0.2, 0.25) is 15.9 Å². The molecular weight excluding hydrogens is 306 g/mol. The first-order valence-corrected chi connectivity index (χ1v) is 9.48. The van der Waals surface area contributed by atoms with Crippen molar-refractivity contribution in [2.24, 2.45) is 5.41 Å². The zero-order valence-electron chi connectivity index (χ0n) is 13.4. The van der Waals surface area contributed by atoms with Crippen LogP contribution in [0.2, 0.25) is 0 Å². The third-order valence-corrected chi connectivity index (χ3v) is 6.75. The molecule has 0 aliphatic carbocycles. The Labute approximate surface area is 132 Å². The summed E-state index contributed by atoms with van der Waals surface area (Å²) in [5.74, 6) is 0.0509. The van der Waals surface area contributed by atoms with E-state index in [-0.39, 0.29) is 11.7 Å². The highest BCUT2D eigenvalue weighted by Crippen LogP contribution is 2.37. The predicted molar refractivity (Wildman–Crippen MR) is 83.8 cm³/mol. The van der Waals surface area contributed by atoms with Gasteiger partial charge in [0.25, 0.3) is 0 Å². The van der Waals surface area contributed by atoms with E-state index in [0.29, 0.717) is 45.4 Å². The van der Waals surface area contributed by atoms with E-state index >= 15 is 0 Å².